The second-order valence-electron chi connectivity index (χ2n) is 11.9. The Morgan fingerprint density at radius 3 is 1.91 bits per heavy atom. The first-order chi connectivity index (χ1) is 20.8. The van der Waals surface area contributed by atoms with Crippen LogP contribution in [-0.2, 0) is 13.1 Å². The van der Waals surface area contributed by atoms with E-state index in [1.54, 1.807) is 11.3 Å². The molecule has 0 spiro atoms. The predicted octanol–water partition coefficient (Wildman–Crippen LogP) is 8.24. The number of amidine groups is 1. The molecule has 0 unspecified atom stereocenters. The van der Waals surface area contributed by atoms with Crippen LogP contribution in [0.3, 0.4) is 0 Å². The number of aryl methyl sites for hydroxylation is 2. The normalized spacial score (nSPS) is 16.4. The van der Waals surface area contributed by atoms with Crippen molar-refractivity contribution in [3.8, 4) is 0 Å². The van der Waals surface area contributed by atoms with Gasteiger partial charge in [-0.25, -0.2) is 4.99 Å². The molecular weight excluding hydrogens is 572 g/mol. The highest BCUT2D eigenvalue weighted by molar-refractivity contribution is 7.12. The Morgan fingerprint density at radius 1 is 0.698 bits per heavy atom. The number of halogens is 1. The van der Waals surface area contributed by atoms with Gasteiger partial charge in [-0.1, -0.05) is 18.2 Å². The average Bonchev–Trinajstić information content (AvgIpc) is 3.84. The van der Waals surface area contributed by atoms with Gasteiger partial charge in [0, 0.05) is 31.2 Å². The van der Waals surface area contributed by atoms with E-state index in [9.17, 15) is 0 Å². The zero-order valence-electron chi connectivity index (χ0n) is 25.0. The summed E-state index contributed by atoms with van der Waals surface area (Å²) in [5, 5.41) is 8.37. The summed E-state index contributed by atoms with van der Waals surface area (Å²) in [5.41, 5.74) is 4.58. The van der Waals surface area contributed by atoms with Gasteiger partial charge in [0.15, 0.2) is 0 Å². The number of nitrogens with one attached hydrogen (secondary N) is 1. The molecule has 3 aromatic heterocycles. The summed E-state index contributed by atoms with van der Waals surface area (Å²) in [7, 11) is 0. The van der Waals surface area contributed by atoms with Crippen molar-refractivity contribution in [3.05, 3.63) is 83.3 Å². The largest absolute Gasteiger partial charge is 0.347 e. The van der Waals surface area contributed by atoms with E-state index in [4.69, 9.17) is 4.99 Å². The predicted molar refractivity (Wildman–Crippen MR) is 186 cm³/mol. The van der Waals surface area contributed by atoms with Crippen LogP contribution in [0.1, 0.15) is 43.4 Å². The van der Waals surface area contributed by atoms with Crippen molar-refractivity contribution in [1.29, 1.82) is 0 Å². The monoisotopic (exact) mass is 614 g/mol. The molecule has 7 rings (SSSR count). The quantitative estimate of drug-likeness (QED) is 0.120. The van der Waals surface area contributed by atoms with E-state index in [1.807, 2.05) is 0 Å². The highest BCUT2D eigenvalue weighted by Gasteiger charge is 2.13. The summed E-state index contributed by atoms with van der Waals surface area (Å²) >= 11 is 1.72. The van der Waals surface area contributed by atoms with Gasteiger partial charge in [0.25, 0.3) is 0 Å². The lowest BCUT2D eigenvalue weighted by molar-refractivity contribution is 0.326. The van der Waals surface area contributed by atoms with Crippen LogP contribution >= 0.6 is 23.7 Å². The topological polar surface area (TPSA) is 40.7 Å². The van der Waals surface area contributed by atoms with Gasteiger partial charge in [0.1, 0.15) is 5.84 Å². The Morgan fingerprint density at radius 2 is 1.30 bits per heavy atom. The number of rotatable bonds is 11. The van der Waals surface area contributed by atoms with Gasteiger partial charge in [0.2, 0.25) is 0 Å². The smallest absolute Gasteiger partial charge is 0.148 e. The number of anilines is 1. The molecule has 0 saturated carbocycles. The standard InChI is InChI=1S/C35H42N6S.ClH/c1-2-16-38(15-1)19-6-21-40-23-13-28-9-11-30(26-32(28)40)36-35(34-8-5-25-42-34)37-31-12-10-29-14-24-41(33(29)27-31)22-7-20-39-17-3-4-18-39;/h5,8-14,23-27H,1-4,6-7,15-22H2,(H,36,37);1H. The maximum atomic E-state index is 5.18. The van der Waals surface area contributed by atoms with Crippen molar-refractivity contribution in [2.75, 3.05) is 44.6 Å². The summed E-state index contributed by atoms with van der Waals surface area (Å²) in [6.07, 6.45) is 12.3. The minimum absolute atomic E-state index is 0. The maximum Gasteiger partial charge on any atom is 0.148 e. The number of likely N-dealkylation sites (tertiary alicyclic amines) is 2. The van der Waals surface area contributed by atoms with Crippen LogP contribution in [0, 0.1) is 0 Å². The van der Waals surface area contributed by atoms with Crippen molar-refractivity contribution in [2.24, 2.45) is 4.99 Å². The lowest BCUT2D eigenvalue weighted by atomic mass is 10.2. The van der Waals surface area contributed by atoms with Crippen LogP contribution in [0.25, 0.3) is 21.8 Å². The molecule has 2 fully saturated rings. The third kappa shape index (κ3) is 7.18. The van der Waals surface area contributed by atoms with Crippen molar-refractivity contribution in [1.82, 2.24) is 18.9 Å². The van der Waals surface area contributed by atoms with E-state index in [0.717, 1.165) is 35.2 Å². The van der Waals surface area contributed by atoms with Crippen molar-refractivity contribution < 1.29 is 0 Å². The number of thiophene rings is 1. The van der Waals surface area contributed by atoms with Gasteiger partial charge >= 0.3 is 0 Å². The van der Waals surface area contributed by atoms with Crippen LogP contribution in [-0.4, -0.2) is 64.0 Å². The molecule has 0 radical (unpaired) electrons. The van der Waals surface area contributed by atoms with E-state index in [0.29, 0.717) is 0 Å². The summed E-state index contributed by atoms with van der Waals surface area (Å²) in [6, 6.07) is 22.0. The van der Waals surface area contributed by atoms with Gasteiger partial charge in [-0.3, -0.25) is 0 Å². The molecule has 2 aliphatic rings. The Kier molecular flexibility index (Phi) is 9.84. The molecule has 0 atom stereocenters. The van der Waals surface area contributed by atoms with Crippen LogP contribution in [0.15, 0.2) is 83.4 Å². The van der Waals surface area contributed by atoms with Gasteiger partial charge in [-0.15, -0.1) is 23.7 Å². The van der Waals surface area contributed by atoms with E-state index in [2.05, 4.69) is 103 Å². The van der Waals surface area contributed by atoms with E-state index >= 15 is 0 Å². The van der Waals surface area contributed by atoms with Crippen LogP contribution < -0.4 is 5.32 Å². The molecule has 2 saturated heterocycles. The van der Waals surface area contributed by atoms with Crippen molar-refractivity contribution >= 4 is 62.8 Å². The van der Waals surface area contributed by atoms with E-state index in [-0.39, 0.29) is 12.4 Å². The number of hydrogen-bond donors (Lipinski definition) is 1. The minimum atomic E-state index is 0. The first kappa shape index (κ1) is 29.9. The zero-order chi connectivity index (χ0) is 28.1. The molecule has 0 amide bonds. The number of benzene rings is 2. The highest BCUT2D eigenvalue weighted by atomic mass is 35.5. The second-order valence-corrected chi connectivity index (χ2v) is 12.8. The van der Waals surface area contributed by atoms with E-state index in [1.165, 1.54) is 99.6 Å². The van der Waals surface area contributed by atoms with Crippen molar-refractivity contribution in [3.63, 3.8) is 0 Å². The van der Waals surface area contributed by atoms with Crippen LogP contribution in [0.4, 0.5) is 11.4 Å². The Bertz CT molecular complexity index is 1640. The molecule has 2 aromatic carbocycles. The fraction of sp³-hybridized carbons (Fsp3) is 0.400. The zero-order valence-corrected chi connectivity index (χ0v) is 26.6. The molecular formula is C35H43ClN6S. The second kappa shape index (κ2) is 14.1. The Balaban J connectivity index is 0.00000329. The summed E-state index contributed by atoms with van der Waals surface area (Å²) < 4.78 is 4.80. The molecule has 226 valence electrons. The third-order valence-electron chi connectivity index (χ3n) is 8.93. The minimum Gasteiger partial charge on any atom is -0.347 e. The lowest BCUT2D eigenvalue weighted by Gasteiger charge is -2.15. The van der Waals surface area contributed by atoms with Crippen molar-refractivity contribution in [2.45, 2.75) is 51.6 Å². The molecule has 0 bridgehead atoms. The molecule has 8 heteroatoms. The van der Waals surface area contributed by atoms with Gasteiger partial charge in [-0.05, 0) is 136 Å². The Hall–Kier alpha value is -3.10. The molecule has 5 heterocycles. The number of aromatic nitrogens is 2. The highest BCUT2D eigenvalue weighted by Crippen LogP contribution is 2.27. The molecule has 6 nitrogen and oxygen atoms in total. The lowest BCUT2D eigenvalue weighted by Crippen LogP contribution is -2.21. The fourth-order valence-electron chi connectivity index (χ4n) is 6.66. The van der Waals surface area contributed by atoms with Gasteiger partial charge in [0.05, 0.1) is 21.6 Å². The van der Waals surface area contributed by atoms with Crippen LogP contribution in [0.5, 0.6) is 0 Å². The number of aliphatic imine (C=N–C) groups is 1. The SMILES string of the molecule is Cl.c1csc(C(=Nc2ccc3ccn(CCCN4CCCC4)c3c2)Nc2ccc3ccn(CCCN4CCCC4)c3c2)c1. The molecule has 43 heavy (non-hydrogen) atoms. The molecule has 1 N–H and O–H groups in total. The first-order valence-electron chi connectivity index (χ1n) is 15.8. The number of nitrogens with zero attached hydrogens (tertiary/aromatic N) is 5. The third-order valence-corrected chi connectivity index (χ3v) is 9.81. The summed E-state index contributed by atoms with van der Waals surface area (Å²) in [5.74, 6) is 0.892. The average molecular weight is 615 g/mol. The Labute approximate surface area is 265 Å². The summed E-state index contributed by atoms with van der Waals surface area (Å²) in [4.78, 5) is 11.5. The maximum absolute atomic E-state index is 5.18. The molecule has 5 aromatic rings. The van der Waals surface area contributed by atoms with Gasteiger partial charge in [-0.2, -0.15) is 0 Å². The molecule has 2 aliphatic heterocycles. The number of fused-ring (bicyclic) bond motifs is 2. The number of hydrogen-bond acceptors (Lipinski definition) is 4. The summed E-state index contributed by atoms with van der Waals surface area (Å²) in [6.45, 7) is 9.54. The van der Waals surface area contributed by atoms with Crippen LogP contribution in [0.2, 0.25) is 0 Å². The van der Waals surface area contributed by atoms with E-state index < -0.39 is 0 Å². The fourth-order valence-corrected chi connectivity index (χ4v) is 7.33. The molecule has 0 aliphatic carbocycles. The first-order valence-corrected chi connectivity index (χ1v) is 16.7. The van der Waals surface area contributed by atoms with Gasteiger partial charge < -0.3 is 24.3 Å².